The first-order valence-corrected chi connectivity index (χ1v) is 6.70. The van der Waals surface area contributed by atoms with Gasteiger partial charge < -0.3 is 10.1 Å². The number of non-ortho nitro benzene ring substituents is 1. The molecule has 0 radical (unpaired) electrons. The van der Waals surface area contributed by atoms with Gasteiger partial charge in [0.25, 0.3) is 11.6 Å². The molecule has 6 nitrogen and oxygen atoms in total. The van der Waals surface area contributed by atoms with E-state index in [-0.39, 0.29) is 5.69 Å². The molecule has 1 N–H and O–H groups in total. The van der Waals surface area contributed by atoms with E-state index in [1.54, 1.807) is 12.1 Å². The van der Waals surface area contributed by atoms with E-state index in [1.807, 2.05) is 6.92 Å². The predicted molar refractivity (Wildman–Crippen MR) is 83.8 cm³/mol. The maximum atomic E-state index is 12.2. The van der Waals surface area contributed by atoms with E-state index >= 15 is 0 Å². The molecule has 0 unspecified atom stereocenters. The molecule has 1 amide bonds. The molecule has 7 heteroatoms. The summed E-state index contributed by atoms with van der Waals surface area (Å²) in [5.41, 5.74) is 1.51. The molecule has 0 aromatic heterocycles. The van der Waals surface area contributed by atoms with Crippen molar-refractivity contribution in [3.8, 4) is 5.75 Å². The Morgan fingerprint density at radius 1 is 1.27 bits per heavy atom. The van der Waals surface area contributed by atoms with Gasteiger partial charge in [-0.1, -0.05) is 11.6 Å². The Hall–Kier alpha value is -2.60. The fourth-order valence-corrected chi connectivity index (χ4v) is 2.01. The largest absolute Gasteiger partial charge is 0.495 e. The maximum absolute atomic E-state index is 12.2. The van der Waals surface area contributed by atoms with Crippen LogP contribution in [0.5, 0.6) is 5.75 Å². The SMILES string of the molecule is COc1cc(Cl)c(C)cc1NC(=O)c1ccc([N+](=O)[O-])cc1. The van der Waals surface area contributed by atoms with Crippen molar-refractivity contribution in [3.05, 3.63) is 62.7 Å². The molecular formula is C15H13ClN2O4. The lowest BCUT2D eigenvalue weighted by molar-refractivity contribution is -0.384. The number of ether oxygens (including phenoxy) is 1. The van der Waals surface area contributed by atoms with Crippen molar-refractivity contribution >= 4 is 28.9 Å². The summed E-state index contributed by atoms with van der Waals surface area (Å²) in [5.74, 6) is 0.0424. The molecule has 2 rings (SSSR count). The van der Waals surface area contributed by atoms with Crippen LogP contribution in [0.1, 0.15) is 15.9 Å². The summed E-state index contributed by atoms with van der Waals surface area (Å²) in [4.78, 5) is 22.3. The van der Waals surface area contributed by atoms with Gasteiger partial charge in [0.15, 0.2) is 0 Å². The number of halogens is 1. The van der Waals surface area contributed by atoms with Crippen molar-refractivity contribution in [2.24, 2.45) is 0 Å². The normalized spacial score (nSPS) is 10.1. The zero-order chi connectivity index (χ0) is 16.3. The van der Waals surface area contributed by atoms with E-state index in [1.165, 1.54) is 31.4 Å². The molecule has 0 bridgehead atoms. The third kappa shape index (κ3) is 3.35. The fourth-order valence-electron chi connectivity index (χ4n) is 1.86. The van der Waals surface area contributed by atoms with Crippen molar-refractivity contribution in [2.45, 2.75) is 6.92 Å². The zero-order valence-corrected chi connectivity index (χ0v) is 12.7. The number of rotatable bonds is 4. The molecule has 0 aliphatic carbocycles. The molecule has 114 valence electrons. The minimum Gasteiger partial charge on any atom is -0.495 e. The molecule has 0 saturated heterocycles. The third-order valence-corrected chi connectivity index (χ3v) is 3.48. The minimum absolute atomic E-state index is 0.0727. The Kier molecular flexibility index (Phi) is 4.62. The number of nitrogens with zero attached hydrogens (tertiary/aromatic N) is 1. The highest BCUT2D eigenvalue weighted by molar-refractivity contribution is 6.31. The summed E-state index contributed by atoms with van der Waals surface area (Å²) in [7, 11) is 1.47. The van der Waals surface area contributed by atoms with Gasteiger partial charge in [0.05, 0.1) is 17.7 Å². The molecule has 0 atom stereocenters. The molecule has 22 heavy (non-hydrogen) atoms. The van der Waals surface area contributed by atoms with Gasteiger partial charge in [-0.15, -0.1) is 0 Å². The topological polar surface area (TPSA) is 81.5 Å². The smallest absolute Gasteiger partial charge is 0.269 e. The lowest BCUT2D eigenvalue weighted by atomic mass is 10.1. The molecule has 0 fully saturated rings. The van der Waals surface area contributed by atoms with Crippen LogP contribution in [0.15, 0.2) is 36.4 Å². The predicted octanol–water partition coefficient (Wildman–Crippen LogP) is 3.82. The fraction of sp³-hybridized carbons (Fsp3) is 0.133. The van der Waals surface area contributed by atoms with Gasteiger partial charge in [-0.25, -0.2) is 0 Å². The van der Waals surface area contributed by atoms with Crippen LogP contribution in [-0.4, -0.2) is 17.9 Å². The van der Waals surface area contributed by atoms with Gasteiger partial charge >= 0.3 is 0 Å². The number of nitro groups is 1. The summed E-state index contributed by atoms with van der Waals surface area (Å²) in [6.07, 6.45) is 0. The van der Waals surface area contributed by atoms with Crippen molar-refractivity contribution in [2.75, 3.05) is 12.4 Å². The highest BCUT2D eigenvalue weighted by atomic mass is 35.5. The van der Waals surface area contributed by atoms with Crippen LogP contribution < -0.4 is 10.1 Å². The summed E-state index contributed by atoms with van der Waals surface area (Å²) >= 11 is 6.01. The monoisotopic (exact) mass is 320 g/mol. The van der Waals surface area contributed by atoms with Crippen molar-refractivity contribution < 1.29 is 14.5 Å². The number of hydrogen-bond donors (Lipinski definition) is 1. The number of aryl methyl sites for hydroxylation is 1. The van der Waals surface area contributed by atoms with Crippen LogP contribution in [0.2, 0.25) is 5.02 Å². The van der Waals surface area contributed by atoms with Crippen molar-refractivity contribution in [3.63, 3.8) is 0 Å². The Bertz CT molecular complexity index is 729. The average molecular weight is 321 g/mol. The number of nitrogens with one attached hydrogen (secondary N) is 1. The quantitative estimate of drug-likeness (QED) is 0.686. The second kappa shape index (κ2) is 6.44. The zero-order valence-electron chi connectivity index (χ0n) is 11.9. The van der Waals surface area contributed by atoms with Gasteiger partial charge in [-0.2, -0.15) is 0 Å². The lowest BCUT2D eigenvalue weighted by Gasteiger charge is -2.12. The van der Waals surface area contributed by atoms with Crippen LogP contribution in [0, 0.1) is 17.0 Å². The van der Waals surface area contributed by atoms with E-state index in [0.29, 0.717) is 22.0 Å². The van der Waals surface area contributed by atoms with E-state index < -0.39 is 10.8 Å². The van der Waals surface area contributed by atoms with Gasteiger partial charge in [-0.05, 0) is 30.7 Å². The first-order chi connectivity index (χ1) is 10.4. The molecular weight excluding hydrogens is 308 g/mol. The number of carbonyl (C=O) groups is 1. The summed E-state index contributed by atoms with van der Waals surface area (Å²) in [6.45, 7) is 1.81. The molecule has 0 aliphatic heterocycles. The van der Waals surface area contributed by atoms with Gasteiger partial charge in [0.2, 0.25) is 0 Å². The Morgan fingerprint density at radius 2 is 1.91 bits per heavy atom. The number of anilines is 1. The van der Waals surface area contributed by atoms with E-state index in [4.69, 9.17) is 16.3 Å². The number of benzene rings is 2. The summed E-state index contributed by atoms with van der Waals surface area (Å²) < 4.78 is 5.18. The molecule has 2 aromatic rings. The Balaban J connectivity index is 2.25. The number of amides is 1. The molecule has 0 spiro atoms. The second-order valence-corrected chi connectivity index (χ2v) is 4.97. The molecule has 0 heterocycles. The standard InChI is InChI=1S/C15H13ClN2O4/c1-9-7-13(14(22-2)8-12(9)16)17-15(19)10-3-5-11(6-4-10)18(20)21/h3-8H,1-2H3,(H,17,19). The van der Waals surface area contributed by atoms with Crippen molar-refractivity contribution in [1.82, 2.24) is 0 Å². The van der Waals surface area contributed by atoms with E-state index in [2.05, 4.69) is 5.32 Å². The maximum Gasteiger partial charge on any atom is 0.269 e. The molecule has 2 aromatic carbocycles. The third-order valence-electron chi connectivity index (χ3n) is 3.07. The number of hydrogen-bond acceptors (Lipinski definition) is 4. The Labute approximate surface area is 131 Å². The van der Waals surface area contributed by atoms with Gasteiger partial charge in [0, 0.05) is 28.8 Å². The highest BCUT2D eigenvalue weighted by Crippen LogP contribution is 2.31. The lowest BCUT2D eigenvalue weighted by Crippen LogP contribution is -2.12. The molecule has 0 saturated carbocycles. The van der Waals surface area contributed by atoms with E-state index in [9.17, 15) is 14.9 Å². The van der Waals surface area contributed by atoms with Crippen molar-refractivity contribution in [1.29, 1.82) is 0 Å². The first-order valence-electron chi connectivity index (χ1n) is 6.32. The van der Waals surface area contributed by atoms with Crippen LogP contribution in [-0.2, 0) is 0 Å². The van der Waals surface area contributed by atoms with Crippen LogP contribution >= 0.6 is 11.6 Å². The van der Waals surface area contributed by atoms with E-state index in [0.717, 1.165) is 5.56 Å². The van der Waals surface area contributed by atoms with Crippen LogP contribution in [0.3, 0.4) is 0 Å². The number of carbonyl (C=O) groups excluding carboxylic acids is 1. The number of nitro benzene ring substituents is 1. The number of methoxy groups -OCH3 is 1. The highest BCUT2D eigenvalue weighted by Gasteiger charge is 2.13. The van der Waals surface area contributed by atoms with Crippen LogP contribution in [0.4, 0.5) is 11.4 Å². The average Bonchev–Trinajstić information content (AvgIpc) is 2.50. The van der Waals surface area contributed by atoms with Crippen LogP contribution in [0.25, 0.3) is 0 Å². The second-order valence-electron chi connectivity index (χ2n) is 4.56. The minimum atomic E-state index is -0.521. The first kappa shape index (κ1) is 15.8. The van der Waals surface area contributed by atoms with Gasteiger partial charge in [0.1, 0.15) is 5.75 Å². The summed E-state index contributed by atoms with van der Waals surface area (Å²) in [5, 5.41) is 13.8. The Morgan fingerprint density at radius 3 is 2.45 bits per heavy atom. The summed E-state index contributed by atoms with van der Waals surface area (Å²) in [6, 6.07) is 8.65. The van der Waals surface area contributed by atoms with Gasteiger partial charge in [-0.3, -0.25) is 14.9 Å². The molecule has 0 aliphatic rings.